The smallest absolute Gasteiger partial charge is 0.208 e. The SMILES string of the molecule is CS(=O)(=O)NCCC1CN(CC2CCOCC2)Cc2ccnn21. The average molecular weight is 342 g/mol. The summed E-state index contributed by atoms with van der Waals surface area (Å²) in [6, 6.07) is 2.29. The fraction of sp³-hybridized carbons (Fsp3) is 0.800. The van der Waals surface area contributed by atoms with Crippen LogP contribution in [0.15, 0.2) is 12.3 Å². The van der Waals surface area contributed by atoms with E-state index in [0.717, 1.165) is 52.1 Å². The van der Waals surface area contributed by atoms with E-state index >= 15 is 0 Å². The first-order valence-corrected chi connectivity index (χ1v) is 10.2. The molecule has 1 aromatic rings. The van der Waals surface area contributed by atoms with Crippen molar-refractivity contribution in [3.05, 3.63) is 18.0 Å². The Morgan fingerprint density at radius 2 is 2.17 bits per heavy atom. The minimum Gasteiger partial charge on any atom is -0.381 e. The topological polar surface area (TPSA) is 76.5 Å². The molecule has 3 rings (SSSR count). The molecule has 3 heterocycles. The number of ether oxygens (including phenoxy) is 1. The second-order valence-electron chi connectivity index (χ2n) is 6.63. The maximum Gasteiger partial charge on any atom is 0.208 e. The van der Waals surface area contributed by atoms with Gasteiger partial charge in [-0.15, -0.1) is 0 Å². The molecule has 0 amide bonds. The lowest BCUT2D eigenvalue weighted by atomic mass is 9.98. The summed E-state index contributed by atoms with van der Waals surface area (Å²) < 4.78 is 32.6. The summed E-state index contributed by atoms with van der Waals surface area (Å²) in [4.78, 5) is 2.48. The molecule has 0 saturated carbocycles. The van der Waals surface area contributed by atoms with E-state index in [2.05, 4.69) is 25.5 Å². The fourth-order valence-corrected chi connectivity index (χ4v) is 4.01. The second-order valence-corrected chi connectivity index (χ2v) is 8.46. The first-order chi connectivity index (χ1) is 11.0. The van der Waals surface area contributed by atoms with Gasteiger partial charge in [0.25, 0.3) is 0 Å². The number of aromatic nitrogens is 2. The highest BCUT2D eigenvalue weighted by Crippen LogP contribution is 2.25. The Morgan fingerprint density at radius 3 is 2.91 bits per heavy atom. The van der Waals surface area contributed by atoms with Crippen LogP contribution >= 0.6 is 0 Å². The highest BCUT2D eigenvalue weighted by atomic mass is 32.2. The van der Waals surface area contributed by atoms with Crippen molar-refractivity contribution >= 4 is 10.0 Å². The zero-order valence-corrected chi connectivity index (χ0v) is 14.5. The number of hydrogen-bond donors (Lipinski definition) is 1. The number of sulfonamides is 1. The van der Waals surface area contributed by atoms with Crippen molar-refractivity contribution < 1.29 is 13.2 Å². The Kier molecular flexibility index (Phi) is 5.35. The number of hydrogen-bond acceptors (Lipinski definition) is 5. The molecule has 0 aliphatic carbocycles. The molecular formula is C15H26N4O3S. The Labute approximate surface area is 138 Å². The largest absolute Gasteiger partial charge is 0.381 e. The molecule has 0 radical (unpaired) electrons. The van der Waals surface area contributed by atoms with Crippen LogP contribution in [0.1, 0.15) is 31.0 Å². The Hall–Kier alpha value is -0.960. The highest BCUT2D eigenvalue weighted by Gasteiger charge is 2.27. The number of fused-ring (bicyclic) bond motifs is 1. The van der Waals surface area contributed by atoms with Crippen LogP contribution in [0.3, 0.4) is 0 Å². The van der Waals surface area contributed by atoms with Gasteiger partial charge in [-0.3, -0.25) is 9.58 Å². The normalized spacial score (nSPS) is 23.8. The first-order valence-electron chi connectivity index (χ1n) is 8.28. The number of nitrogens with zero attached hydrogens (tertiary/aromatic N) is 3. The number of nitrogens with one attached hydrogen (secondary N) is 1. The van der Waals surface area contributed by atoms with Gasteiger partial charge in [-0.2, -0.15) is 5.10 Å². The predicted octanol–water partition coefficient (Wildman–Crippen LogP) is 0.606. The van der Waals surface area contributed by atoms with E-state index in [1.807, 2.05) is 6.20 Å². The van der Waals surface area contributed by atoms with Gasteiger partial charge in [0, 0.05) is 45.6 Å². The summed E-state index contributed by atoms with van der Waals surface area (Å²) in [5.74, 6) is 0.702. The number of rotatable bonds is 6. The zero-order chi connectivity index (χ0) is 16.3. The van der Waals surface area contributed by atoms with Crippen molar-refractivity contribution in [2.24, 2.45) is 5.92 Å². The summed E-state index contributed by atoms with van der Waals surface area (Å²) in [6.45, 7) is 5.14. The molecule has 1 N–H and O–H groups in total. The minimum absolute atomic E-state index is 0.225. The highest BCUT2D eigenvalue weighted by molar-refractivity contribution is 7.88. The Balaban J connectivity index is 1.60. The third-order valence-corrected chi connectivity index (χ3v) is 5.38. The molecular weight excluding hydrogens is 316 g/mol. The van der Waals surface area contributed by atoms with Gasteiger partial charge >= 0.3 is 0 Å². The van der Waals surface area contributed by atoms with Crippen molar-refractivity contribution in [1.82, 2.24) is 19.4 Å². The van der Waals surface area contributed by atoms with Gasteiger partial charge in [0.05, 0.1) is 18.0 Å². The van der Waals surface area contributed by atoms with Crippen molar-refractivity contribution in [3.63, 3.8) is 0 Å². The third-order valence-electron chi connectivity index (χ3n) is 4.65. The molecule has 1 saturated heterocycles. The molecule has 2 aliphatic rings. The van der Waals surface area contributed by atoms with Crippen LogP contribution in [0, 0.1) is 5.92 Å². The van der Waals surface area contributed by atoms with Crippen LogP contribution in [-0.2, 0) is 21.3 Å². The van der Waals surface area contributed by atoms with Crippen LogP contribution < -0.4 is 4.72 Å². The molecule has 1 fully saturated rings. The molecule has 130 valence electrons. The summed E-state index contributed by atoms with van der Waals surface area (Å²) in [6.07, 6.45) is 6.06. The zero-order valence-electron chi connectivity index (χ0n) is 13.6. The Bertz CT molecular complexity index is 610. The molecule has 7 nitrogen and oxygen atoms in total. The van der Waals surface area contributed by atoms with Crippen LogP contribution in [0.4, 0.5) is 0 Å². The monoisotopic (exact) mass is 342 g/mol. The molecule has 0 bridgehead atoms. The minimum atomic E-state index is -3.13. The predicted molar refractivity (Wildman–Crippen MR) is 87.5 cm³/mol. The lowest BCUT2D eigenvalue weighted by molar-refractivity contribution is 0.0444. The molecule has 1 atom stereocenters. The van der Waals surface area contributed by atoms with E-state index in [0.29, 0.717) is 12.5 Å². The molecule has 1 aromatic heterocycles. The molecule has 8 heteroatoms. The van der Waals surface area contributed by atoms with Crippen LogP contribution in [0.2, 0.25) is 0 Å². The van der Waals surface area contributed by atoms with Crippen molar-refractivity contribution in [1.29, 1.82) is 0 Å². The van der Waals surface area contributed by atoms with Crippen molar-refractivity contribution in [2.45, 2.75) is 31.8 Å². The van der Waals surface area contributed by atoms with E-state index in [1.54, 1.807) is 0 Å². The van der Waals surface area contributed by atoms with Gasteiger partial charge in [-0.05, 0) is 31.2 Å². The average Bonchev–Trinajstić information content (AvgIpc) is 2.95. The summed E-state index contributed by atoms with van der Waals surface area (Å²) in [7, 11) is -3.13. The van der Waals surface area contributed by atoms with Crippen molar-refractivity contribution in [2.75, 3.05) is 39.1 Å². The summed E-state index contributed by atoms with van der Waals surface area (Å²) in [5.41, 5.74) is 1.22. The van der Waals surface area contributed by atoms with Gasteiger partial charge in [-0.1, -0.05) is 0 Å². The van der Waals surface area contributed by atoms with E-state index in [-0.39, 0.29) is 6.04 Å². The quantitative estimate of drug-likeness (QED) is 0.819. The van der Waals surface area contributed by atoms with E-state index in [1.165, 1.54) is 11.9 Å². The lowest BCUT2D eigenvalue weighted by Gasteiger charge is -2.36. The van der Waals surface area contributed by atoms with Gasteiger partial charge < -0.3 is 4.74 Å². The first kappa shape index (κ1) is 16.9. The Morgan fingerprint density at radius 1 is 1.39 bits per heavy atom. The fourth-order valence-electron chi connectivity index (χ4n) is 3.52. The van der Waals surface area contributed by atoms with E-state index in [4.69, 9.17) is 4.74 Å². The molecule has 0 aromatic carbocycles. The van der Waals surface area contributed by atoms with Gasteiger partial charge in [0.2, 0.25) is 10.0 Å². The van der Waals surface area contributed by atoms with Gasteiger partial charge in [-0.25, -0.2) is 13.1 Å². The summed E-state index contributed by atoms with van der Waals surface area (Å²) in [5, 5.41) is 4.43. The van der Waals surface area contributed by atoms with Crippen LogP contribution in [0.25, 0.3) is 0 Å². The van der Waals surface area contributed by atoms with Gasteiger partial charge in [0.15, 0.2) is 0 Å². The van der Waals surface area contributed by atoms with Crippen molar-refractivity contribution in [3.8, 4) is 0 Å². The van der Waals surface area contributed by atoms with Gasteiger partial charge in [0.1, 0.15) is 0 Å². The van der Waals surface area contributed by atoms with Crippen LogP contribution in [0.5, 0.6) is 0 Å². The maximum atomic E-state index is 11.2. The lowest BCUT2D eigenvalue weighted by Crippen LogP contribution is -2.42. The second kappa shape index (κ2) is 7.29. The van der Waals surface area contributed by atoms with Crippen LogP contribution in [-0.4, -0.2) is 62.2 Å². The third kappa shape index (κ3) is 4.76. The maximum absolute atomic E-state index is 11.2. The molecule has 2 aliphatic heterocycles. The van der Waals surface area contributed by atoms with E-state index < -0.39 is 10.0 Å². The van der Waals surface area contributed by atoms with E-state index in [9.17, 15) is 8.42 Å². The molecule has 1 unspecified atom stereocenters. The molecule has 23 heavy (non-hydrogen) atoms. The standard InChI is InChI=1S/C15H26N4O3S/c1-23(20,21)17-7-3-15-12-18(10-13-4-8-22-9-5-13)11-14-2-6-16-19(14)15/h2,6,13,15,17H,3-5,7-12H2,1H3. The molecule has 0 spiro atoms. The summed E-state index contributed by atoms with van der Waals surface area (Å²) >= 11 is 0.